The topological polar surface area (TPSA) is 46.0 Å². The van der Waals surface area contributed by atoms with Crippen LogP contribution in [0.2, 0.25) is 0 Å². The van der Waals surface area contributed by atoms with Gasteiger partial charge in [-0.05, 0) is 29.8 Å². The number of nitrogens with zero attached hydrogens (tertiary/aromatic N) is 3. The molecule has 1 aromatic carbocycles. The van der Waals surface area contributed by atoms with Crippen molar-refractivity contribution >= 4 is 39.5 Å². The van der Waals surface area contributed by atoms with Crippen LogP contribution in [-0.4, -0.2) is 19.6 Å². The number of fused-ring (bicyclic) bond motifs is 2. The quantitative estimate of drug-likeness (QED) is 0.544. The standard InChI is InChI=1S/C13H7FN4S2/c14-8-3-1-7(2-4-8)10-6-20-13-16-11-9(5-15-17-11)12(19)18(10)13/h1-6H,(H,15,17). The fourth-order valence-electron chi connectivity index (χ4n) is 2.14. The van der Waals surface area contributed by atoms with Crippen molar-refractivity contribution in [2.45, 2.75) is 0 Å². The van der Waals surface area contributed by atoms with Crippen LogP contribution in [0.25, 0.3) is 27.3 Å². The minimum Gasteiger partial charge on any atom is -0.274 e. The molecular weight excluding hydrogens is 295 g/mol. The lowest BCUT2D eigenvalue weighted by atomic mass is 10.2. The molecule has 0 unspecified atom stereocenters. The molecule has 3 aromatic heterocycles. The summed E-state index contributed by atoms with van der Waals surface area (Å²) in [6.07, 6.45) is 1.67. The van der Waals surface area contributed by atoms with Gasteiger partial charge in [-0.1, -0.05) is 12.2 Å². The smallest absolute Gasteiger partial charge is 0.197 e. The van der Waals surface area contributed by atoms with Crippen LogP contribution in [0.3, 0.4) is 0 Å². The molecule has 0 aliphatic rings. The molecule has 4 aromatic rings. The number of hydrogen-bond donors (Lipinski definition) is 1. The van der Waals surface area contributed by atoms with Crippen LogP contribution in [0.4, 0.5) is 4.39 Å². The highest BCUT2D eigenvalue weighted by molar-refractivity contribution is 7.71. The summed E-state index contributed by atoms with van der Waals surface area (Å²) in [6.45, 7) is 0. The summed E-state index contributed by atoms with van der Waals surface area (Å²) in [6, 6.07) is 6.34. The van der Waals surface area contributed by atoms with Crippen molar-refractivity contribution in [3.8, 4) is 11.3 Å². The summed E-state index contributed by atoms with van der Waals surface area (Å²) in [4.78, 5) is 5.27. The predicted molar refractivity (Wildman–Crippen MR) is 78.9 cm³/mol. The number of halogens is 1. The van der Waals surface area contributed by atoms with Gasteiger partial charge >= 0.3 is 0 Å². The zero-order chi connectivity index (χ0) is 13.7. The van der Waals surface area contributed by atoms with E-state index in [-0.39, 0.29) is 5.82 Å². The van der Waals surface area contributed by atoms with E-state index in [0.29, 0.717) is 10.3 Å². The Balaban J connectivity index is 2.10. The minimum atomic E-state index is -0.257. The molecule has 0 amide bonds. The summed E-state index contributed by atoms with van der Waals surface area (Å²) >= 11 is 7.00. The van der Waals surface area contributed by atoms with Crippen molar-refractivity contribution in [3.63, 3.8) is 0 Å². The van der Waals surface area contributed by atoms with Crippen LogP contribution in [0.5, 0.6) is 0 Å². The molecule has 0 bridgehead atoms. The maximum Gasteiger partial charge on any atom is 0.197 e. The Hall–Kier alpha value is -2.12. The summed E-state index contributed by atoms with van der Waals surface area (Å²) in [5, 5.41) is 9.57. The Bertz CT molecular complexity index is 981. The van der Waals surface area contributed by atoms with Crippen molar-refractivity contribution in [1.29, 1.82) is 0 Å². The first kappa shape index (κ1) is 11.7. The van der Waals surface area contributed by atoms with Crippen molar-refractivity contribution in [2.24, 2.45) is 0 Å². The first-order chi connectivity index (χ1) is 9.74. The van der Waals surface area contributed by atoms with Gasteiger partial charge in [0, 0.05) is 5.38 Å². The van der Waals surface area contributed by atoms with Gasteiger partial charge in [0.1, 0.15) is 10.5 Å². The summed E-state index contributed by atoms with van der Waals surface area (Å²) < 4.78 is 15.6. The van der Waals surface area contributed by atoms with E-state index in [2.05, 4.69) is 15.2 Å². The van der Waals surface area contributed by atoms with Gasteiger partial charge < -0.3 is 0 Å². The first-order valence-corrected chi connectivity index (χ1v) is 7.12. The molecule has 1 N–H and O–H groups in total. The number of aromatic amines is 1. The molecule has 0 atom stereocenters. The summed E-state index contributed by atoms with van der Waals surface area (Å²) in [7, 11) is 0. The van der Waals surface area contributed by atoms with Crippen molar-refractivity contribution in [2.75, 3.05) is 0 Å². The lowest BCUT2D eigenvalue weighted by Gasteiger charge is -2.02. The van der Waals surface area contributed by atoms with Gasteiger partial charge in [-0.2, -0.15) is 5.10 Å². The third-order valence-electron chi connectivity index (χ3n) is 3.11. The monoisotopic (exact) mass is 302 g/mol. The van der Waals surface area contributed by atoms with Crippen LogP contribution in [-0.2, 0) is 0 Å². The van der Waals surface area contributed by atoms with E-state index in [1.165, 1.54) is 23.5 Å². The highest BCUT2D eigenvalue weighted by Crippen LogP contribution is 2.27. The van der Waals surface area contributed by atoms with E-state index in [1.807, 2.05) is 9.78 Å². The molecule has 0 saturated carbocycles. The molecule has 0 spiro atoms. The van der Waals surface area contributed by atoms with Gasteiger partial charge in [-0.25, -0.2) is 9.37 Å². The fraction of sp³-hybridized carbons (Fsp3) is 0. The number of benzene rings is 1. The lowest BCUT2D eigenvalue weighted by Crippen LogP contribution is -1.93. The number of nitrogens with one attached hydrogen (secondary N) is 1. The maximum absolute atomic E-state index is 13.0. The molecule has 98 valence electrons. The second kappa shape index (κ2) is 4.19. The number of aromatic nitrogens is 4. The first-order valence-electron chi connectivity index (χ1n) is 5.83. The van der Waals surface area contributed by atoms with E-state index < -0.39 is 0 Å². The van der Waals surface area contributed by atoms with Gasteiger partial charge in [0.25, 0.3) is 0 Å². The zero-order valence-corrected chi connectivity index (χ0v) is 11.6. The van der Waals surface area contributed by atoms with E-state index >= 15 is 0 Å². The van der Waals surface area contributed by atoms with Gasteiger partial charge in [0.15, 0.2) is 10.6 Å². The van der Waals surface area contributed by atoms with E-state index in [4.69, 9.17) is 12.2 Å². The van der Waals surface area contributed by atoms with Gasteiger partial charge in [0.05, 0.1) is 17.3 Å². The largest absolute Gasteiger partial charge is 0.274 e. The molecule has 7 heteroatoms. The van der Waals surface area contributed by atoms with Crippen LogP contribution in [0.15, 0.2) is 35.8 Å². The third-order valence-corrected chi connectivity index (χ3v) is 4.34. The number of rotatable bonds is 1. The van der Waals surface area contributed by atoms with Crippen LogP contribution >= 0.6 is 23.6 Å². The molecule has 0 radical (unpaired) electrons. The number of H-pyrrole nitrogens is 1. The summed E-state index contributed by atoms with van der Waals surface area (Å²) in [5.74, 6) is -0.257. The van der Waals surface area contributed by atoms with Crippen molar-refractivity contribution in [3.05, 3.63) is 46.3 Å². The minimum absolute atomic E-state index is 0.257. The molecule has 0 aliphatic heterocycles. The third kappa shape index (κ3) is 1.60. The number of thiazole rings is 1. The Morgan fingerprint density at radius 3 is 2.85 bits per heavy atom. The Labute approximate surface area is 121 Å². The molecule has 0 saturated heterocycles. The van der Waals surface area contributed by atoms with Gasteiger partial charge in [-0.15, -0.1) is 11.3 Å². The molecule has 3 heterocycles. The molecule has 0 fully saturated rings. The SMILES string of the molecule is Fc1ccc(-c2csc3nc4[nH]ncc4c(=S)n23)cc1. The highest BCUT2D eigenvalue weighted by atomic mass is 32.1. The Morgan fingerprint density at radius 1 is 1.25 bits per heavy atom. The number of hydrogen-bond acceptors (Lipinski definition) is 4. The second-order valence-corrected chi connectivity index (χ2v) is 5.52. The fourth-order valence-corrected chi connectivity index (χ4v) is 3.43. The summed E-state index contributed by atoms with van der Waals surface area (Å²) in [5.41, 5.74) is 2.49. The molecule has 20 heavy (non-hydrogen) atoms. The predicted octanol–water partition coefficient (Wildman–Crippen LogP) is 3.81. The Morgan fingerprint density at radius 2 is 2.05 bits per heavy atom. The second-order valence-electron chi connectivity index (χ2n) is 4.30. The van der Waals surface area contributed by atoms with Crippen LogP contribution < -0.4 is 0 Å². The lowest BCUT2D eigenvalue weighted by molar-refractivity contribution is 0.628. The van der Waals surface area contributed by atoms with Crippen molar-refractivity contribution in [1.82, 2.24) is 19.6 Å². The van der Waals surface area contributed by atoms with E-state index in [0.717, 1.165) is 21.6 Å². The molecule has 4 rings (SSSR count). The van der Waals surface area contributed by atoms with Gasteiger partial charge in [-0.3, -0.25) is 9.50 Å². The highest BCUT2D eigenvalue weighted by Gasteiger charge is 2.11. The average molecular weight is 302 g/mol. The van der Waals surface area contributed by atoms with Gasteiger partial charge in [0.2, 0.25) is 0 Å². The Kier molecular flexibility index (Phi) is 2.45. The molecular formula is C13H7FN4S2. The van der Waals surface area contributed by atoms with E-state index in [1.54, 1.807) is 18.3 Å². The van der Waals surface area contributed by atoms with Crippen molar-refractivity contribution < 1.29 is 4.39 Å². The normalized spacial score (nSPS) is 11.4. The maximum atomic E-state index is 13.0. The molecule has 4 nitrogen and oxygen atoms in total. The average Bonchev–Trinajstić information content (AvgIpc) is 3.07. The zero-order valence-electron chi connectivity index (χ0n) is 10.0. The van der Waals surface area contributed by atoms with E-state index in [9.17, 15) is 4.39 Å². The van der Waals surface area contributed by atoms with Crippen LogP contribution in [0.1, 0.15) is 0 Å². The molecule has 0 aliphatic carbocycles. The van der Waals surface area contributed by atoms with Crippen LogP contribution in [0, 0.1) is 10.5 Å².